The molecule has 3 heteroatoms. The molecule has 0 aromatic carbocycles. The highest BCUT2D eigenvalue weighted by Gasteiger charge is 2.13. The van der Waals surface area contributed by atoms with Crippen LogP contribution >= 0.6 is 0 Å². The molecule has 0 aliphatic carbocycles. The summed E-state index contributed by atoms with van der Waals surface area (Å²) >= 11 is 0. The Bertz CT molecular complexity index is 384. The summed E-state index contributed by atoms with van der Waals surface area (Å²) in [5, 5.41) is 0. The number of hydrogen-bond donors (Lipinski definition) is 0. The topological polar surface area (TPSA) is 39.2 Å². The number of hydrogen-bond acceptors (Lipinski definition) is 3. The van der Waals surface area contributed by atoms with E-state index in [1.807, 2.05) is 18.2 Å². The highest BCUT2D eigenvalue weighted by molar-refractivity contribution is 5.93. The maximum atomic E-state index is 11.8. The molecule has 0 amide bonds. The normalized spacial score (nSPS) is 15.1. The van der Waals surface area contributed by atoms with E-state index in [0.717, 1.165) is 24.8 Å². The number of allylic oxidation sites excluding steroid dienone is 2. The van der Waals surface area contributed by atoms with Gasteiger partial charge < -0.3 is 4.74 Å². The molecular weight excluding hydrogens is 202 g/mol. The van der Waals surface area contributed by atoms with Gasteiger partial charge in [0.2, 0.25) is 0 Å². The summed E-state index contributed by atoms with van der Waals surface area (Å²) in [6.45, 7) is 0.673. The highest BCUT2D eigenvalue weighted by atomic mass is 16.5. The van der Waals surface area contributed by atoms with Gasteiger partial charge in [0, 0.05) is 18.8 Å². The number of carbonyl (C=O) groups excluding carboxylic acids is 1. The van der Waals surface area contributed by atoms with Gasteiger partial charge >= 0.3 is 0 Å². The molecule has 1 aliphatic heterocycles. The molecule has 0 radical (unpaired) electrons. The van der Waals surface area contributed by atoms with Gasteiger partial charge in [-0.15, -0.1) is 0 Å². The van der Waals surface area contributed by atoms with Gasteiger partial charge in [-0.05, 0) is 43.0 Å². The van der Waals surface area contributed by atoms with Crippen LogP contribution in [0, 0.1) is 0 Å². The van der Waals surface area contributed by atoms with Crippen molar-refractivity contribution in [3.63, 3.8) is 0 Å². The van der Waals surface area contributed by atoms with Gasteiger partial charge in [-0.1, -0.05) is 0 Å². The molecule has 0 saturated carbocycles. The third kappa shape index (κ3) is 2.92. The Morgan fingerprint density at radius 2 is 2.19 bits per heavy atom. The van der Waals surface area contributed by atoms with E-state index in [2.05, 4.69) is 4.98 Å². The van der Waals surface area contributed by atoms with E-state index in [-0.39, 0.29) is 5.78 Å². The fourth-order valence-corrected chi connectivity index (χ4v) is 1.68. The Morgan fingerprint density at radius 1 is 1.38 bits per heavy atom. The van der Waals surface area contributed by atoms with Crippen LogP contribution in [0.1, 0.15) is 24.8 Å². The van der Waals surface area contributed by atoms with Crippen LogP contribution in [0.4, 0.5) is 0 Å². The molecule has 0 fully saturated rings. The van der Waals surface area contributed by atoms with Crippen molar-refractivity contribution in [1.82, 2.24) is 4.98 Å². The molecule has 0 N–H and O–H groups in total. The fourth-order valence-electron chi connectivity index (χ4n) is 1.68. The summed E-state index contributed by atoms with van der Waals surface area (Å²) in [5.41, 5.74) is 1.14. The number of ether oxygens (including phenoxy) is 1. The molecule has 0 unspecified atom stereocenters. The largest absolute Gasteiger partial charge is 0.490 e. The summed E-state index contributed by atoms with van der Waals surface area (Å²) in [5.74, 6) is 0.664. The van der Waals surface area contributed by atoms with Crippen LogP contribution in [0.2, 0.25) is 0 Å². The molecular formula is C13H15NO2. The number of carbonyl (C=O) groups is 1. The Kier molecular flexibility index (Phi) is 3.70. The maximum absolute atomic E-state index is 11.8. The first-order chi connectivity index (χ1) is 7.86. The molecule has 0 saturated heterocycles. The molecule has 0 spiro atoms. The molecule has 84 valence electrons. The second kappa shape index (κ2) is 5.45. The van der Waals surface area contributed by atoms with Crippen molar-refractivity contribution in [2.75, 3.05) is 6.61 Å². The Labute approximate surface area is 95.2 Å². The van der Waals surface area contributed by atoms with Gasteiger partial charge in [0.1, 0.15) is 0 Å². The third-order valence-corrected chi connectivity index (χ3v) is 2.60. The van der Waals surface area contributed by atoms with E-state index in [4.69, 9.17) is 4.74 Å². The van der Waals surface area contributed by atoms with Gasteiger partial charge in [-0.3, -0.25) is 9.78 Å². The maximum Gasteiger partial charge on any atom is 0.197 e. The van der Waals surface area contributed by atoms with Crippen LogP contribution in [0.3, 0.4) is 0 Å². The van der Waals surface area contributed by atoms with Crippen LogP contribution < -0.4 is 0 Å². The van der Waals surface area contributed by atoms with E-state index in [9.17, 15) is 4.79 Å². The van der Waals surface area contributed by atoms with Crippen LogP contribution in [0.15, 0.2) is 36.4 Å². The Morgan fingerprint density at radius 3 is 2.88 bits per heavy atom. The van der Waals surface area contributed by atoms with Crippen LogP contribution in [-0.4, -0.2) is 17.4 Å². The Balaban J connectivity index is 1.86. The predicted octanol–water partition coefficient (Wildman–Crippen LogP) is 2.28. The minimum Gasteiger partial charge on any atom is -0.490 e. The number of aryl methyl sites for hydroxylation is 1. The molecule has 2 heterocycles. The van der Waals surface area contributed by atoms with E-state index < -0.39 is 0 Å². The molecule has 1 aromatic rings. The average molecular weight is 217 g/mol. The minimum absolute atomic E-state index is 0.108. The van der Waals surface area contributed by atoms with Crippen molar-refractivity contribution >= 4 is 5.78 Å². The summed E-state index contributed by atoms with van der Waals surface area (Å²) in [4.78, 5) is 15.7. The molecule has 1 aromatic heterocycles. The molecule has 0 bridgehead atoms. The van der Waals surface area contributed by atoms with E-state index in [1.165, 1.54) is 0 Å². The van der Waals surface area contributed by atoms with Crippen molar-refractivity contribution in [1.29, 1.82) is 0 Å². The number of ketones is 1. The number of rotatable bonds is 4. The second-order valence-electron chi connectivity index (χ2n) is 3.84. The molecule has 1 aliphatic rings. The predicted molar refractivity (Wildman–Crippen MR) is 60.8 cm³/mol. The first-order valence-electron chi connectivity index (χ1n) is 5.61. The van der Waals surface area contributed by atoms with Crippen LogP contribution in [0.25, 0.3) is 0 Å². The van der Waals surface area contributed by atoms with Crippen molar-refractivity contribution in [3.05, 3.63) is 41.9 Å². The third-order valence-electron chi connectivity index (χ3n) is 2.60. The zero-order valence-electron chi connectivity index (χ0n) is 9.19. The lowest BCUT2D eigenvalue weighted by Crippen LogP contribution is -2.11. The summed E-state index contributed by atoms with van der Waals surface area (Å²) in [6, 6.07) is 3.87. The Hall–Kier alpha value is -1.64. The molecule has 16 heavy (non-hydrogen) atoms. The monoisotopic (exact) mass is 217 g/mol. The van der Waals surface area contributed by atoms with Crippen molar-refractivity contribution < 1.29 is 9.53 Å². The first kappa shape index (κ1) is 10.9. The minimum atomic E-state index is 0.108. The first-order valence-corrected chi connectivity index (χ1v) is 5.61. The summed E-state index contributed by atoms with van der Waals surface area (Å²) < 4.78 is 5.33. The van der Waals surface area contributed by atoms with Crippen LogP contribution in [0.5, 0.6) is 0 Å². The quantitative estimate of drug-likeness (QED) is 0.776. The highest BCUT2D eigenvalue weighted by Crippen LogP contribution is 2.13. The SMILES string of the molecule is O=C(CCc1ccncc1)C1=CCCCO1. The van der Waals surface area contributed by atoms with E-state index >= 15 is 0 Å². The average Bonchev–Trinajstić information content (AvgIpc) is 2.38. The second-order valence-corrected chi connectivity index (χ2v) is 3.84. The van der Waals surface area contributed by atoms with E-state index in [0.29, 0.717) is 18.8 Å². The molecule has 3 nitrogen and oxygen atoms in total. The lowest BCUT2D eigenvalue weighted by Gasteiger charge is -2.13. The van der Waals surface area contributed by atoms with Gasteiger partial charge in [0.25, 0.3) is 0 Å². The lowest BCUT2D eigenvalue weighted by molar-refractivity contribution is -0.119. The lowest BCUT2D eigenvalue weighted by atomic mass is 10.1. The number of nitrogens with zero attached hydrogens (tertiary/aromatic N) is 1. The zero-order chi connectivity index (χ0) is 11.2. The van der Waals surface area contributed by atoms with Gasteiger partial charge in [0.15, 0.2) is 11.5 Å². The number of Topliss-reactive ketones (excluding diaryl/α,β-unsaturated/α-hetero) is 1. The standard InChI is InChI=1S/C13H15NO2/c15-12(13-3-1-2-10-16-13)5-4-11-6-8-14-9-7-11/h3,6-9H,1-2,4-5,10H2. The van der Waals surface area contributed by atoms with Crippen molar-refractivity contribution in [2.24, 2.45) is 0 Å². The number of aromatic nitrogens is 1. The fraction of sp³-hybridized carbons (Fsp3) is 0.385. The zero-order valence-corrected chi connectivity index (χ0v) is 9.19. The van der Waals surface area contributed by atoms with Crippen LogP contribution in [-0.2, 0) is 16.0 Å². The smallest absolute Gasteiger partial charge is 0.197 e. The van der Waals surface area contributed by atoms with E-state index in [1.54, 1.807) is 12.4 Å². The van der Waals surface area contributed by atoms with Gasteiger partial charge in [-0.25, -0.2) is 0 Å². The van der Waals surface area contributed by atoms with Gasteiger partial charge in [0.05, 0.1) is 6.61 Å². The number of pyridine rings is 1. The molecule has 2 rings (SSSR count). The summed E-state index contributed by atoms with van der Waals surface area (Å²) in [6.07, 6.45) is 8.63. The molecule has 0 atom stereocenters. The summed E-state index contributed by atoms with van der Waals surface area (Å²) in [7, 11) is 0. The van der Waals surface area contributed by atoms with Crippen molar-refractivity contribution in [2.45, 2.75) is 25.7 Å². The van der Waals surface area contributed by atoms with Gasteiger partial charge in [-0.2, -0.15) is 0 Å². The van der Waals surface area contributed by atoms with Crippen molar-refractivity contribution in [3.8, 4) is 0 Å².